The van der Waals surface area contributed by atoms with E-state index >= 15 is 0 Å². The molecule has 24 heavy (non-hydrogen) atoms. The number of carbonyl (C=O) groups excluding carboxylic acids is 1. The van der Waals surface area contributed by atoms with Gasteiger partial charge >= 0.3 is 6.03 Å². The van der Waals surface area contributed by atoms with Crippen LogP contribution in [-0.4, -0.2) is 42.4 Å². The standard InChI is InChI=1S/C18H27N3O3/c1-4-9-21-10-7-13(8-11-21)19-17(22)20-14-5-6-15-16(12-14)24-18(2,3)23-15/h5-6,12-13H,4,7-11H2,1-3H3,(H2,19,20,22). The lowest BCUT2D eigenvalue weighted by Crippen LogP contribution is -2.46. The van der Waals surface area contributed by atoms with Crippen LogP contribution in [0, 0.1) is 0 Å². The van der Waals surface area contributed by atoms with Crippen molar-refractivity contribution in [2.75, 3.05) is 25.0 Å². The summed E-state index contributed by atoms with van der Waals surface area (Å²) in [4.78, 5) is 14.7. The van der Waals surface area contributed by atoms with Crippen LogP contribution in [0.4, 0.5) is 10.5 Å². The number of nitrogens with zero attached hydrogens (tertiary/aromatic N) is 1. The summed E-state index contributed by atoms with van der Waals surface area (Å²) < 4.78 is 11.4. The Morgan fingerprint density at radius 3 is 2.67 bits per heavy atom. The molecule has 2 aliphatic heterocycles. The van der Waals surface area contributed by atoms with E-state index in [2.05, 4.69) is 22.5 Å². The molecule has 2 N–H and O–H groups in total. The fourth-order valence-electron chi connectivity index (χ4n) is 3.27. The average Bonchev–Trinajstić information content (AvgIpc) is 2.82. The smallest absolute Gasteiger partial charge is 0.319 e. The summed E-state index contributed by atoms with van der Waals surface area (Å²) >= 11 is 0. The second kappa shape index (κ2) is 6.89. The highest BCUT2D eigenvalue weighted by atomic mass is 16.7. The molecule has 0 spiro atoms. The minimum absolute atomic E-state index is 0.165. The maximum atomic E-state index is 12.2. The van der Waals surface area contributed by atoms with Gasteiger partial charge in [-0.1, -0.05) is 6.92 Å². The van der Waals surface area contributed by atoms with Gasteiger partial charge in [-0.3, -0.25) is 0 Å². The molecule has 1 saturated heterocycles. The van der Waals surface area contributed by atoms with Crippen molar-refractivity contribution in [3.63, 3.8) is 0 Å². The van der Waals surface area contributed by atoms with Gasteiger partial charge in [0.15, 0.2) is 11.5 Å². The molecule has 0 atom stereocenters. The molecule has 3 rings (SSSR count). The fourth-order valence-corrected chi connectivity index (χ4v) is 3.27. The number of amides is 2. The molecule has 0 aliphatic carbocycles. The zero-order valence-corrected chi connectivity index (χ0v) is 14.7. The van der Waals surface area contributed by atoms with Gasteiger partial charge in [0, 0.05) is 44.7 Å². The van der Waals surface area contributed by atoms with Crippen molar-refractivity contribution in [3.8, 4) is 11.5 Å². The van der Waals surface area contributed by atoms with Crippen molar-refractivity contribution >= 4 is 11.7 Å². The van der Waals surface area contributed by atoms with E-state index in [-0.39, 0.29) is 12.1 Å². The minimum atomic E-state index is -0.657. The number of anilines is 1. The van der Waals surface area contributed by atoms with E-state index in [0.717, 1.165) is 32.5 Å². The number of rotatable bonds is 4. The Labute approximate surface area is 143 Å². The predicted octanol–water partition coefficient (Wildman–Crippen LogP) is 3.19. The van der Waals surface area contributed by atoms with Crippen molar-refractivity contribution in [3.05, 3.63) is 18.2 Å². The molecule has 1 aromatic carbocycles. The third kappa shape index (κ3) is 4.12. The van der Waals surface area contributed by atoms with E-state index in [1.807, 2.05) is 26.0 Å². The predicted molar refractivity (Wildman–Crippen MR) is 93.7 cm³/mol. The summed E-state index contributed by atoms with van der Waals surface area (Å²) in [7, 11) is 0. The number of ether oxygens (including phenoxy) is 2. The first-order valence-corrected chi connectivity index (χ1v) is 8.77. The molecule has 0 aromatic heterocycles. The van der Waals surface area contributed by atoms with Crippen LogP contribution in [0.3, 0.4) is 0 Å². The Kier molecular flexibility index (Phi) is 4.85. The summed E-state index contributed by atoms with van der Waals surface area (Å²) in [5.74, 6) is 0.704. The first-order valence-electron chi connectivity index (χ1n) is 8.77. The molecule has 2 heterocycles. The summed E-state index contributed by atoms with van der Waals surface area (Å²) in [6, 6.07) is 5.52. The second-order valence-electron chi connectivity index (χ2n) is 6.98. The Balaban J connectivity index is 1.50. The van der Waals surface area contributed by atoms with E-state index < -0.39 is 5.79 Å². The Morgan fingerprint density at radius 1 is 1.25 bits per heavy atom. The van der Waals surface area contributed by atoms with Crippen molar-refractivity contribution in [1.82, 2.24) is 10.2 Å². The second-order valence-corrected chi connectivity index (χ2v) is 6.98. The number of likely N-dealkylation sites (tertiary alicyclic amines) is 1. The lowest BCUT2D eigenvalue weighted by Gasteiger charge is -2.32. The van der Waals surface area contributed by atoms with Crippen LogP contribution < -0.4 is 20.1 Å². The third-order valence-electron chi connectivity index (χ3n) is 4.38. The van der Waals surface area contributed by atoms with Crippen LogP contribution in [0.1, 0.15) is 40.0 Å². The lowest BCUT2D eigenvalue weighted by molar-refractivity contribution is -0.0431. The molecule has 2 aliphatic rings. The number of benzene rings is 1. The van der Waals surface area contributed by atoms with E-state index in [1.54, 1.807) is 6.07 Å². The van der Waals surface area contributed by atoms with Crippen molar-refractivity contribution < 1.29 is 14.3 Å². The van der Waals surface area contributed by atoms with Gasteiger partial charge in [0.1, 0.15) is 0 Å². The molecule has 1 fully saturated rings. The van der Waals surface area contributed by atoms with Crippen LogP contribution >= 0.6 is 0 Å². The van der Waals surface area contributed by atoms with Crippen LogP contribution in [0.2, 0.25) is 0 Å². The van der Waals surface area contributed by atoms with Crippen molar-refractivity contribution in [1.29, 1.82) is 0 Å². The summed E-state index contributed by atoms with van der Waals surface area (Å²) in [5.41, 5.74) is 0.705. The molecule has 6 heteroatoms. The molecule has 2 amide bonds. The van der Waals surface area contributed by atoms with Gasteiger partial charge < -0.3 is 25.0 Å². The van der Waals surface area contributed by atoms with Gasteiger partial charge in [-0.25, -0.2) is 4.79 Å². The highest BCUT2D eigenvalue weighted by Gasteiger charge is 2.31. The van der Waals surface area contributed by atoms with E-state index in [0.29, 0.717) is 17.2 Å². The van der Waals surface area contributed by atoms with Crippen LogP contribution in [-0.2, 0) is 0 Å². The van der Waals surface area contributed by atoms with Gasteiger partial charge in [-0.2, -0.15) is 0 Å². The average molecular weight is 333 g/mol. The largest absolute Gasteiger partial charge is 0.449 e. The number of carbonyl (C=O) groups is 1. The summed E-state index contributed by atoms with van der Waals surface area (Å²) in [5, 5.41) is 5.95. The van der Waals surface area contributed by atoms with Crippen molar-refractivity contribution in [2.45, 2.75) is 51.9 Å². The van der Waals surface area contributed by atoms with Gasteiger partial charge in [0.05, 0.1) is 0 Å². The van der Waals surface area contributed by atoms with Gasteiger partial charge in [0.25, 0.3) is 0 Å². The van der Waals surface area contributed by atoms with Gasteiger partial charge in [0.2, 0.25) is 5.79 Å². The van der Waals surface area contributed by atoms with Crippen LogP contribution in [0.5, 0.6) is 11.5 Å². The molecule has 0 saturated carbocycles. The number of fused-ring (bicyclic) bond motifs is 1. The topological polar surface area (TPSA) is 62.8 Å². The Morgan fingerprint density at radius 2 is 1.96 bits per heavy atom. The molecule has 0 unspecified atom stereocenters. The van der Waals surface area contributed by atoms with E-state index in [9.17, 15) is 4.79 Å². The quantitative estimate of drug-likeness (QED) is 0.888. The van der Waals surface area contributed by atoms with Gasteiger partial charge in [-0.05, 0) is 37.9 Å². The highest BCUT2D eigenvalue weighted by Crippen LogP contribution is 2.40. The van der Waals surface area contributed by atoms with Crippen LogP contribution in [0.25, 0.3) is 0 Å². The number of hydrogen-bond acceptors (Lipinski definition) is 4. The lowest BCUT2D eigenvalue weighted by atomic mass is 10.1. The SMILES string of the molecule is CCCN1CCC(NC(=O)Nc2ccc3c(c2)OC(C)(C)O3)CC1. The monoisotopic (exact) mass is 333 g/mol. The maximum Gasteiger partial charge on any atom is 0.319 e. The first kappa shape index (κ1) is 16.9. The molecule has 0 radical (unpaired) electrons. The maximum absolute atomic E-state index is 12.2. The number of piperidine rings is 1. The third-order valence-corrected chi connectivity index (χ3v) is 4.38. The molecular weight excluding hydrogens is 306 g/mol. The van der Waals surface area contributed by atoms with E-state index in [4.69, 9.17) is 9.47 Å². The van der Waals surface area contributed by atoms with Crippen LogP contribution in [0.15, 0.2) is 18.2 Å². The first-order chi connectivity index (χ1) is 11.4. The number of urea groups is 1. The van der Waals surface area contributed by atoms with E-state index in [1.165, 1.54) is 6.42 Å². The summed E-state index contributed by atoms with van der Waals surface area (Å²) in [6.07, 6.45) is 3.19. The zero-order valence-electron chi connectivity index (χ0n) is 14.7. The Hall–Kier alpha value is -1.95. The number of nitrogens with one attached hydrogen (secondary N) is 2. The normalized spacial score (nSPS) is 20.0. The molecule has 0 bridgehead atoms. The molecular formula is C18H27N3O3. The fraction of sp³-hybridized carbons (Fsp3) is 0.611. The highest BCUT2D eigenvalue weighted by molar-refractivity contribution is 5.89. The van der Waals surface area contributed by atoms with Gasteiger partial charge in [-0.15, -0.1) is 0 Å². The van der Waals surface area contributed by atoms with Crippen molar-refractivity contribution in [2.24, 2.45) is 0 Å². The molecule has 1 aromatic rings. The number of hydrogen-bond donors (Lipinski definition) is 2. The molecule has 132 valence electrons. The molecule has 6 nitrogen and oxygen atoms in total. The Bertz CT molecular complexity index is 595. The summed E-state index contributed by atoms with van der Waals surface area (Å²) in [6.45, 7) is 9.17. The zero-order chi connectivity index (χ0) is 17.2. The minimum Gasteiger partial charge on any atom is -0.449 e.